The molecule has 1 aromatic heterocycles. The molecule has 1 unspecified atom stereocenters. The highest BCUT2D eigenvalue weighted by Crippen LogP contribution is 2.25. The Labute approximate surface area is 97.9 Å². The van der Waals surface area contributed by atoms with Gasteiger partial charge in [0.05, 0.1) is 0 Å². The Hall–Kier alpha value is -1.15. The SMILES string of the molecule is O=C(O)C(O)c1cccc2oc(I)nc12. The van der Waals surface area contributed by atoms with Gasteiger partial charge in [-0.05, 0) is 6.07 Å². The molecule has 2 N–H and O–H groups in total. The molecule has 0 spiro atoms. The van der Waals surface area contributed by atoms with Crippen LogP contribution in [0.4, 0.5) is 0 Å². The second-order valence-electron chi connectivity index (χ2n) is 2.90. The first-order chi connectivity index (χ1) is 7.09. The molecule has 2 aromatic rings. The van der Waals surface area contributed by atoms with Gasteiger partial charge in [0.15, 0.2) is 11.7 Å². The number of halogens is 1. The van der Waals surface area contributed by atoms with Crippen molar-refractivity contribution in [2.75, 3.05) is 0 Å². The summed E-state index contributed by atoms with van der Waals surface area (Å²) in [6.07, 6.45) is -1.57. The zero-order chi connectivity index (χ0) is 11.0. The predicted molar refractivity (Wildman–Crippen MR) is 59.3 cm³/mol. The summed E-state index contributed by atoms with van der Waals surface area (Å²) in [4.78, 5) is 14.7. The Kier molecular flexibility index (Phi) is 2.61. The standard InChI is InChI=1S/C9H6INO4/c10-9-11-6-4(7(12)8(13)14)2-1-3-5(6)15-9/h1-3,7,12H,(H,13,14). The van der Waals surface area contributed by atoms with E-state index >= 15 is 0 Å². The van der Waals surface area contributed by atoms with Crippen LogP contribution in [0, 0.1) is 3.90 Å². The molecule has 0 bridgehead atoms. The third kappa shape index (κ3) is 1.82. The third-order valence-electron chi connectivity index (χ3n) is 1.95. The number of hydrogen-bond acceptors (Lipinski definition) is 4. The molecular formula is C9H6INO4. The molecule has 1 atom stereocenters. The first-order valence-electron chi connectivity index (χ1n) is 4.05. The zero-order valence-electron chi connectivity index (χ0n) is 7.35. The number of carboxylic acid groups (broad SMARTS) is 1. The van der Waals surface area contributed by atoms with E-state index in [9.17, 15) is 9.90 Å². The van der Waals surface area contributed by atoms with Crippen molar-refractivity contribution in [1.29, 1.82) is 0 Å². The fraction of sp³-hybridized carbons (Fsp3) is 0.111. The monoisotopic (exact) mass is 319 g/mol. The molecule has 2 rings (SSSR count). The van der Waals surface area contributed by atoms with Crippen LogP contribution in [0.3, 0.4) is 0 Å². The normalized spacial score (nSPS) is 12.9. The molecular weight excluding hydrogens is 313 g/mol. The van der Waals surface area contributed by atoms with Gasteiger partial charge in [-0.15, -0.1) is 0 Å². The molecule has 0 aliphatic rings. The number of rotatable bonds is 2. The smallest absolute Gasteiger partial charge is 0.337 e. The highest BCUT2D eigenvalue weighted by atomic mass is 127. The number of hydrogen-bond donors (Lipinski definition) is 2. The van der Waals surface area contributed by atoms with Crippen molar-refractivity contribution in [2.45, 2.75) is 6.10 Å². The Morgan fingerprint density at radius 1 is 1.53 bits per heavy atom. The van der Waals surface area contributed by atoms with Crippen LogP contribution >= 0.6 is 22.6 Å². The van der Waals surface area contributed by atoms with Crippen molar-refractivity contribution >= 4 is 39.7 Å². The molecule has 0 fully saturated rings. The van der Waals surface area contributed by atoms with E-state index in [2.05, 4.69) is 4.98 Å². The number of benzene rings is 1. The van der Waals surface area contributed by atoms with E-state index in [0.29, 0.717) is 15.0 Å². The molecule has 78 valence electrons. The minimum absolute atomic E-state index is 0.242. The average Bonchev–Trinajstić information content (AvgIpc) is 2.56. The van der Waals surface area contributed by atoms with E-state index in [1.165, 1.54) is 6.07 Å². The number of carboxylic acids is 1. The van der Waals surface area contributed by atoms with E-state index in [1.807, 2.05) is 22.6 Å². The summed E-state index contributed by atoms with van der Waals surface area (Å²) in [6, 6.07) is 4.80. The van der Waals surface area contributed by atoms with E-state index < -0.39 is 12.1 Å². The van der Waals surface area contributed by atoms with Gasteiger partial charge in [0.25, 0.3) is 3.90 Å². The molecule has 0 radical (unpaired) electrons. The molecule has 1 heterocycles. The van der Waals surface area contributed by atoms with Crippen molar-refractivity contribution in [3.05, 3.63) is 27.7 Å². The quantitative estimate of drug-likeness (QED) is 0.821. The minimum Gasteiger partial charge on any atom is -0.479 e. The van der Waals surface area contributed by atoms with Gasteiger partial charge in [0.2, 0.25) is 0 Å². The molecule has 0 amide bonds. The number of aliphatic hydroxyl groups excluding tert-OH is 1. The van der Waals surface area contributed by atoms with Crippen LogP contribution in [0.15, 0.2) is 22.6 Å². The van der Waals surface area contributed by atoms with Crippen LogP contribution in [0.25, 0.3) is 11.1 Å². The molecule has 0 saturated carbocycles. The maximum absolute atomic E-state index is 10.6. The van der Waals surface area contributed by atoms with Crippen LogP contribution in [0.2, 0.25) is 0 Å². The molecule has 6 heteroatoms. The Morgan fingerprint density at radius 3 is 2.93 bits per heavy atom. The fourth-order valence-corrected chi connectivity index (χ4v) is 1.77. The highest BCUT2D eigenvalue weighted by molar-refractivity contribution is 14.1. The highest BCUT2D eigenvalue weighted by Gasteiger charge is 2.20. The van der Waals surface area contributed by atoms with E-state index in [1.54, 1.807) is 12.1 Å². The number of aliphatic hydroxyl groups is 1. The van der Waals surface area contributed by atoms with Gasteiger partial charge in [-0.25, -0.2) is 9.78 Å². The van der Waals surface area contributed by atoms with Crippen molar-refractivity contribution in [2.24, 2.45) is 0 Å². The van der Waals surface area contributed by atoms with Gasteiger partial charge in [0, 0.05) is 28.2 Å². The number of nitrogens with zero attached hydrogens (tertiary/aromatic N) is 1. The summed E-state index contributed by atoms with van der Waals surface area (Å²) < 4.78 is 5.62. The van der Waals surface area contributed by atoms with Crippen molar-refractivity contribution in [3.63, 3.8) is 0 Å². The fourth-order valence-electron chi connectivity index (χ4n) is 1.30. The molecule has 0 aliphatic heterocycles. The molecule has 5 nitrogen and oxygen atoms in total. The van der Waals surface area contributed by atoms with Crippen LogP contribution in [0.1, 0.15) is 11.7 Å². The number of fused-ring (bicyclic) bond motifs is 1. The van der Waals surface area contributed by atoms with Crippen LogP contribution in [0.5, 0.6) is 0 Å². The van der Waals surface area contributed by atoms with Crippen LogP contribution in [-0.4, -0.2) is 21.2 Å². The summed E-state index contributed by atoms with van der Waals surface area (Å²) in [5, 5.41) is 18.1. The molecule has 0 saturated heterocycles. The van der Waals surface area contributed by atoms with E-state index in [-0.39, 0.29) is 5.56 Å². The first-order valence-corrected chi connectivity index (χ1v) is 5.13. The van der Waals surface area contributed by atoms with Crippen molar-refractivity contribution < 1.29 is 19.4 Å². The lowest BCUT2D eigenvalue weighted by molar-refractivity contribution is -0.146. The summed E-state index contributed by atoms with van der Waals surface area (Å²) in [6.45, 7) is 0. The number of carbonyl (C=O) groups is 1. The Bertz CT molecular complexity index is 522. The molecule has 15 heavy (non-hydrogen) atoms. The first kappa shape index (κ1) is 10.4. The number of aliphatic carboxylic acids is 1. The van der Waals surface area contributed by atoms with Crippen LogP contribution < -0.4 is 0 Å². The topological polar surface area (TPSA) is 83.6 Å². The predicted octanol–water partition coefficient (Wildman–Crippen LogP) is 1.55. The summed E-state index contributed by atoms with van der Waals surface area (Å²) in [5.41, 5.74) is 1.10. The van der Waals surface area contributed by atoms with Crippen LogP contribution in [-0.2, 0) is 4.79 Å². The molecule has 1 aromatic carbocycles. The maximum atomic E-state index is 10.6. The third-order valence-corrected chi connectivity index (χ3v) is 2.41. The maximum Gasteiger partial charge on any atom is 0.337 e. The second kappa shape index (κ2) is 3.78. The second-order valence-corrected chi connectivity index (χ2v) is 3.82. The number of oxazole rings is 1. The van der Waals surface area contributed by atoms with Gasteiger partial charge in [-0.1, -0.05) is 12.1 Å². The largest absolute Gasteiger partial charge is 0.479 e. The van der Waals surface area contributed by atoms with Crippen molar-refractivity contribution in [3.8, 4) is 0 Å². The lowest BCUT2D eigenvalue weighted by Gasteiger charge is -2.04. The summed E-state index contributed by atoms with van der Waals surface area (Å²) >= 11 is 1.88. The van der Waals surface area contributed by atoms with E-state index in [0.717, 1.165) is 0 Å². The van der Waals surface area contributed by atoms with Gasteiger partial charge in [-0.2, -0.15) is 0 Å². The Balaban J connectivity index is 2.64. The summed E-state index contributed by atoms with van der Waals surface area (Å²) in [7, 11) is 0. The number of para-hydroxylation sites is 1. The number of aromatic nitrogens is 1. The van der Waals surface area contributed by atoms with Gasteiger partial charge in [0.1, 0.15) is 5.52 Å². The van der Waals surface area contributed by atoms with E-state index in [4.69, 9.17) is 9.52 Å². The van der Waals surface area contributed by atoms with Gasteiger partial charge in [-0.3, -0.25) is 0 Å². The average molecular weight is 319 g/mol. The molecule has 0 aliphatic carbocycles. The minimum atomic E-state index is -1.57. The van der Waals surface area contributed by atoms with Crippen molar-refractivity contribution in [1.82, 2.24) is 4.98 Å². The lowest BCUT2D eigenvalue weighted by atomic mass is 10.1. The lowest BCUT2D eigenvalue weighted by Crippen LogP contribution is -2.10. The summed E-state index contributed by atoms with van der Waals surface area (Å²) in [5.74, 6) is -1.31. The Morgan fingerprint density at radius 2 is 2.27 bits per heavy atom. The zero-order valence-corrected chi connectivity index (χ0v) is 9.50. The van der Waals surface area contributed by atoms with Gasteiger partial charge >= 0.3 is 5.97 Å². The van der Waals surface area contributed by atoms with Gasteiger partial charge < -0.3 is 14.6 Å².